The molecule has 0 spiro atoms. The Morgan fingerprint density at radius 3 is 2.68 bits per heavy atom. The molecule has 0 saturated carbocycles. The Hall–Kier alpha value is -1.10. The zero-order valence-corrected chi connectivity index (χ0v) is 12.5. The molecule has 0 radical (unpaired) electrons. The van der Waals surface area contributed by atoms with Crippen LogP contribution in [0.25, 0.3) is 0 Å². The molecule has 0 aliphatic rings. The van der Waals surface area contributed by atoms with Crippen LogP contribution in [0.2, 0.25) is 0 Å². The van der Waals surface area contributed by atoms with E-state index in [0.717, 1.165) is 11.3 Å². The number of methoxy groups -OCH3 is 1. The smallest absolute Gasteiger partial charge is 0.224 e. The maximum atomic E-state index is 11.7. The zero-order chi connectivity index (χ0) is 13.5. The summed E-state index contributed by atoms with van der Waals surface area (Å²) in [5.41, 5.74) is 7.46. The third-order valence-corrected chi connectivity index (χ3v) is 2.82. The molecule has 0 bridgehead atoms. The van der Waals surface area contributed by atoms with Crippen molar-refractivity contribution >= 4 is 24.0 Å². The fourth-order valence-electron chi connectivity index (χ4n) is 1.59. The number of nitrogens with two attached hydrogens (primary N) is 1. The second-order valence-corrected chi connectivity index (χ2v) is 4.57. The summed E-state index contributed by atoms with van der Waals surface area (Å²) >= 11 is 0. The molecule has 5 heteroatoms. The molecule has 0 saturated heterocycles. The first kappa shape index (κ1) is 17.9. The van der Waals surface area contributed by atoms with Crippen LogP contribution in [0.1, 0.15) is 38.4 Å². The molecule has 0 aromatic heterocycles. The number of carbonyl (C=O) groups excluding carboxylic acids is 1. The van der Waals surface area contributed by atoms with Crippen LogP contribution in [0.4, 0.5) is 5.69 Å². The molecule has 1 rings (SSSR count). The van der Waals surface area contributed by atoms with Crippen LogP contribution < -0.4 is 11.1 Å². The highest BCUT2D eigenvalue weighted by Crippen LogP contribution is 2.19. The summed E-state index contributed by atoms with van der Waals surface area (Å²) in [6.07, 6.45) is 1.16. The summed E-state index contributed by atoms with van der Waals surface area (Å²) in [5.74, 6) is -0.00507. The summed E-state index contributed by atoms with van der Waals surface area (Å²) in [7, 11) is 1.67. The molecule has 0 aliphatic carbocycles. The SMILES string of the molecule is COC(C)c1cccc(NC(=O)CCC(C)N)c1.Cl. The van der Waals surface area contributed by atoms with E-state index in [4.69, 9.17) is 10.5 Å². The first-order valence-corrected chi connectivity index (χ1v) is 6.21. The second kappa shape index (κ2) is 8.91. The predicted molar refractivity (Wildman–Crippen MR) is 80.6 cm³/mol. The number of rotatable bonds is 6. The molecule has 108 valence electrons. The first-order chi connectivity index (χ1) is 8.52. The van der Waals surface area contributed by atoms with Gasteiger partial charge in [0.15, 0.2) is 0 Å². The van der Waals surface area contributed by atoms with Gasteiger partial charge in [-0.15, -0.1) is 12.4 Å². The zero-order valence-electron chi connectivity index (χ0n) is 11.7. The summed E-state index contributed by atoms with van der Waals surface area (Å²) in [6.45, 7) is 3.87. The lowest BCUT2D eigenvalue weighted by Crippen LogP contribution is -2.19. The molecule has 19 heavy (non-hydrogen) atoms. The Bertz CT molecular complexity index is 397. The van der Waals surface area contributed by atoms with Gasteiger partial charge in [0, 0.05) is 25.3 Å². The van der Waals surface area contributed by atoms with Crippen LogP contribution in [0.5, 0.6) is 0 Å². The minimum absolute atomic E-state index is 0. The number of hydrogen-bond donors (Lipinski definition) is 2. The molecular formula is C14H23ClN2O2. The van der Waals surface area contributed by atoms with Gasteiger partial charge < -0.3 is 15.8 Å². The van der Waals surface area contributed by atoms with Crippen LogP contribution in [0.3, 0.4) is 0 Å². The van der Waals surface area contributed by atoms with Gasteiger partial charge in [0.1, 0.15) is 0 Å². The van der Waals surface area contributed by atoms with E-state index in [1.807, 2.05) is 38.1 Å². The number of hydrogen-bond acceptors (Lipinski definition) is 3. The maximum absolute atomic E-state index is 11.7. The largest absolute Gasteiger partial charge is 0.377 e. The Morgan fingerprint density at radius 2 is 2.11 bits per heavy atom. The van der Waals surface area contributed by atoms with Crippen LogP contribution in [0.15, 0.2) is 24.3 Å². The number of ether oxygens (including phenoxy) is 1. The highest BCUT2D eigenvalue weighted by molar-refractivity contribution is 5.90. The van der Waals surface area contributed by atoms with Gasteiger partial charge in [0.05, 0.1) is 6.10 Å². The van der Waals surface area contributed by atoms with Crippen molar-refractivity contribution in [2.24, 2.45) is 5.73 Å². The van der Waals surface area contributed by atoms with E-state index in [1.165, 1.54) is 0 Å². The maximum Gasteiger partial charge on any atom is 0.224 e. The molecule has 0 aliphatic heterocycles. The van der Waals surface area contributed by atoms with E-state index in [0.29, 0.717) is 12.8 Å². The van der Waals surface area contributed by atoms with E-state index >= 15 is 0 Å². The molecule has 4 nitrogen and oxygen atoms in total. The molecule has 2 unspecified atom stereocenters. The molecule has 1 amide bonds. The van der Waals surface area contributed by atoms with Crippen molar-refractivity contribution in [3.05, 3.63) is 29.8 Å². The number of anilines is 1. The van der Waals surface area contributed by atoms with Crippen LogP contribution in [-0.2, 0) is 9.53 Å². The molecule has 3 N–H and O–H groups in total. The highest BCUT2D eigenvalue weighted by atomic mass is 35.5. The van der Waals surface area contributed by atoms with E-state index in [9.17, 15) is 4.79 Å². The summed E-state index contributed by atoms with van der Waals surface area (Å²) in [5, 5.41) is 2.87. The summed E-state index contributed by atoms with van der Waals surface area (Å²) in [6, 6.07) is 7.74. The second-order valence-electron chi connectivity index (χ2n) is 4.57. The fourth-order valence-corrected chi connectivity index (χ4v) is 1.59. The van der Waals surface area contributed by atoms with Gasteiger partial charge in [-0.05, 0) is 38.0 Å². The number of benzene rings is 1. The monoisotopic (exact) mass is 286 g/mol. The third-order valence-electron chi connectivity index (χ3n) is 2.82. The average Bonchev–Trinajstić information content (AvgIpc) is 2.35. The molecule has 1 aromatic carbocycles. The van der Waals surface area contributed by atoms with Crippen LogP contribution >= 0.6 is 12.4 Å². The fraction of sp³-hybridized carbons (Fsp3) is 0.500. The molecule has 2 atom stereocenters. The topological polar surface area (TPSA) is 64.3 Å². The quantitative estimate of drug-likeness (QED) is 0.845. The Labute approximate surface area is 121 Å². The van der Waals surface area contributed by atoms with E-state index in [-0.39, 0.29) is 30.5 Å². The minimum atomic E-state index is -0.00507. The minimum Gasteiger partial charge on any atom is -0.377 e. The number of amides is 1. The Kier molecular flexibility index (Phi) is 8.39. The Balaban J connectivity index is 0.00000324. The van der Waals surface area contributed by atoms with Gasteiger partial charge in [-0.25, -0.2) is 0 Å². The normalized spacial score (nSPS) is 13.3. The van der Waals surface area contributed by atoms with Gasteiger partial charge in [-0.1, -0.05) is 12.1 Å². The van der Waals surface area contributed by atoms with Crippen LogP contribution in [-0.4, -0.2) is 19.1 Å². The lowest BCUT2D eigenvalue weighted by molar-refractivity contribution is -0.116. The van der Waals surface area contributed by atoms with Gasteiger partial charge in [-0.2, -0.15) is 0 Å². The molecule has 1 aromatic rings. The standard InChI is InChI=1S/C14H22N2O2.ClH/c1-10(15)7-8-14(17)16-13-6-4-5-12(9-13)11(2)18-3;/h4-6,9-11H,7-8,15H2,1-3H3,(H,16,17);1H. The predicted octanol–water partition coefficient (Wildman–Crippen LogP) is 2.88. The summed E-state index contributed by atoms with van der Waals surface area (Å²) < 4.78 is 5.25. The lowest BCUT2D eigenvalue weighted by atomic mass is 10.1. The van der Waals surface area contributed by atoms with Crippen molar-refractivity contribution < 1.29 is 9.53 Å². The van der Waals surface area contributed by atoms with Crippen molar-refractivity contribution in [2.45, 2.75) is 38.8 Å². The number of nitrogens with one attached hydrogen (secondary N) is 1. The molecule has 0 fully saturated rings. The van der Waals surface area contributed by atoms with Crippen molar-refractivity contribution in [2.75, 3.05) is 12.4 Å². The van der Waals surface area contributed by atoms with Crippen LogP contribution in [0, 0.1) is 0 Å². The lowest BCUT2D eigenvalue weighted by Gasteiger charge is -2.12. The van der Waals surface area contributed by atoms with E-state index in [2.05, 4.69) is 5.32 Å². The van der Waals surface area contributed by atoms with Gasteiger partial charge >= 0.3 is 0 Å². The third kappa shape index (κ3) is 6.57. The average molecular weight is 287 g/mol. The van der Waals surface area contributed by atoms with Crippen molar-refractivity contribution in [3.63, 3.8) is 0 Å². The van der Waals surface area contributed by atoms with Crippen molar-refractivity contribution in [3.8, 4) is 0 Å². The van der Waals surface area contributed by atoms with Gasteiger partial charge in [0.25, 0.3) is 0 Å². The van der Waals surface area contributed by atoms with Crippen molar-refractivity contribution in [1.82, 2.24) is 0 Å². The van der Waals surface area contributed by atoms with Gasteiger partial charge in [0.2, 0.25) is 5.91 Å². The van der Waals surface area contributed by atoms with E-state index in [1.54, 1.807) is 7.11 Å². The molecule has 0 heterocycles. The number of carbonyl (C=O) groups is 1. The molecular weight excluding hydrogens is 264 g/mol. The van der Waals surface area contributed by atoms with Gasteiger partial charge in [-0.3, -0.25) is 4.79 Å². The highest BCUT2D eigenvalue weighted by Gasteiger charge is 2.07. The van der Waals surface area contributed by atoms with Crippen molar-refractivity contribution in [1.29, 1.82) is 0 Å². The Morgan fingerprint density at radius 1 is 1.42 bits per heavy atom. The number of halogens is 1. The first-order valence-electron chi connectivity index (χ1n) is 6.21. The van der Waals surface area contributed by atoms with E-state index < -0.39 is 0 Å². The summed E-state index contributed by atoms with van der Waals surface area (Å²) in [4.78, 5) is 11.7.